The maximum Gasteiger partial charge on any atom is 0.338 e. The molecule has 0 aliphatic rings. The number of nitrogens with one attached hydrogen (secondary N) is 1. The van der Waals surface area contributed by atoms with Gasteiger partial charge in [-0.15, -0.1) is 0 Å². The van der Waals surface area contributed by atoms with Gasteiger partial charge in [0.25, 0.3) is 0 Å². The lowest BCUT2D eigenvalue weighted by Crippen LogP contribution is -2.45. The highest BCUT2D eigenvalue weighted by Gasteiger charge is 2.28. The van der Waals surface area contributed by atoms with E-state index in [-0.39, 0.29) is 29.4 Å². The third-order valence-corrected chi connectivity index (χ3v) is 3.23. The Hall–Kier alpha value is -2.08. The fourth-order valence-electron chi connectivity index (χ4n) is 1.77. The summed E-state index contributed by atoms with van der Waals surface area (Å²) in [5.74, 6) is -0.954. The average molecular weight is 351 g/mol. The van der Waals surface area contributed by atoms with Crippen LogP contribution >= 0.6 is 0 Å². The number of rotatable bonds is 6. The SMILES string of the molecule is CC(C)(C)NCC(COC(=O)c1cccc(O)c1)OC(=O)C(C)(C)C. The molecule has 0 fully saturated rings. The van der Waals surface area contributed by atoms with Crippen LogP contribution in [0.4, 0.5) is 0 Å². The molecule has 0 amide bonds. The number of esters is 2. The molecule has 1 rings (SSSR count). The molecule has 1 atom stereocenters. The predicted octanol–water partition coefficient (Wildman–Crippen LogP) is 2.90. The minimum absolute atomic E-state index is 0.0143. The third kappa shape index (κ3) is 8.03. The zero-order chi connectivity index (χ0) is 19.3. The summed E-state index contributed by atoms with van der Waals surface area (Å²) in [5, 5.41) is 12.7. The lowest BCUT2D eigenvalue weighted by Gasteiger charge is -2.27. The Bertz CT molecular complexity index is 599. The summed E-state index contributed by atoms with van der Waals surface area (Å²) in [7, 11) is 0. The number of hydrogen-bond acceptors (Lipinski definition) is 6. The molecule has 1 aromatic rings. The van der Waals surface area contributed by atoms with Gasteiger partial charge in [0.1, 0.15) is 18.5 Å². The number of ether oxygens (including phenoxy) is 2. The van der Waals surface area contributed by atoms with E-state index in [0.29, 0.717) is 6.54 Å². The molecule has 0 heterocycles. The van der Waals surface area contributed by atoms with Crippen LogP contribution in [0.5, 0.6) is 5.75 Å². The molecule has 0 bridgehead atoms. The maximum absolute atomic E-state index is 12.1. The molecule has 0 radical (unpaired) electrons. The van der Waals surface area contributed by atoms with Crippen molar-refractivity contribution in [3.05, 3.63) is 29.8 Å². The summed E-state index contributed by atoms with van der Waals surface area (Å²) in [6.07, 6.45) is -0.604. The predicted molar refractivity (Wildman–Crippen MR) is 95.5 cm³/mol. The van der Waals surface area contributed by atoms with Gasteiger partial charge in [-0.2, -0.15) is 0 Å². The molecule has 0 spiro atoms. The minimum atomic E-state index is -0.644. The van der Waals surface area contributed by atoms with Crippen molar-refractivity contribution >= 4 is 11.9 Å². The molecule has 1 unspecified atom stereocenters. The number of phenols is 1. The average Bonchev–Trinajstić information content (AvgIpc) is 2.47. The Labute approximate surface area is 149 Å². The van der Waals surface area contributed by atoms with Crippen molar-refractivity contribution in [2.24, 2.45) is 5.41 Å². The van der Waals surface area contributed by atoms with Crippen LogP contribution in [0.2, 0.25) is 0 Å². The van der Waals surface area contributed by atoms with E-state index in [0.717, 1.165) is 0 Å². The summed E-state index contributed by atoms with van der Waals surface area (Å²) >= 11 is 0. The number of aromatic hydroxyl groups is 1. The van der Waals surface area contributed by atoms with E-state index in [2.05, 4.69) is 5.32 Å². The quantitative estimate of drug-likeness (QED) is 0.767. The number of carbonyl (C=O) groups excluding carboxylic acids is 2. The van der Waals surface area contributed by atoms with E-state index in [1.165, 1.54) is 12.1 Å². The summed E-state index contributed by atoms with van der Waals surface area (Å²) in [4.78, 5) is 24.2. The molecule has 6 heteroatoms. The van der Waals surface area contributed by atoms with Gasteiger partial charge in [0, 0.05) is 12.1 Å². The van der Waals surface area contributed by atoms with Crippen molar-refractivity contribution in [1.29, 1.82) is 0 Å². The van der Waals surface area contributed by atoms with Crippen LogP contribution in [-0.4, -0.2) is 41.8 Å². The largest absolute Gasteiger partial charge is 0.508 e. The zero-order valence-electron chi connectivity index (χ0n) is 15.9. The molecule has 0 aliphatic heterocycles. The summed E-state index contributed by atoms with van der Waals surface area (Å²) in [6.45, 7) is 11.6. The van der Waals surface area contributed by atoms with Gasteiger partial charge < -0.3 is 19.9 Å². The van der Waals surface area contributed by atoms with Crippen LogP contribution in [0.3, 0.4) is 0 Å². The van der Waals surface area contributed by atoms with Crippen LogP contribution in [0.15, 0.2) is 24.3 Å². The number of carbonyl (C=O) groups is 2. The van der Waals surface area contributed by atoms with E-state index in [4.69, 9.17) is 9.47 Å². The first kappa shape index (κ1) is 21.0. The normalized spacial score (nSPS) is 13.2. The Kier molecular flexibility index (Phi) is 6.99. The molecular formula is C19H29NO5. The van der Waals surface area contributed by atoms with Gasteiger partial charge in [-0.05, 0) is 59.7 Å². The van der Waals surface area contributed by atoms with Gasteiger partial charge in [0.05, 0.1) is 11.0 Å². The lowest BCUT2D eigenvalue weighted by atomic mass is 9.97. The first-order valence-electron chi connectivity index (χ1n) is 8.31. The number of benzene rings is 1. The topological polar surface area (TPSA) is 84.9 Å². The van der Waals surface area contributed by atoms with Crippen molar-refractivity contribution in [2.45, 2.75) is 53.2 Å². The molecule has 0 aromatic heterocycles. The Balaban J connectivity index is 2.71. The lowest BCUT2D eigenvalue weighted by molar-refractivity contribution is -0.160. The first-order chi connectivity index (χ1) is 11.4. The number of hydrogen-bond donors (Lipinski definition) is 2. The fraction of sp³-hybridized carbons (Fsp3) is 0.579. The smallest absolute Gasteiger partial charge is 0.338 e. The van der Waals surface area contributed by atoms with Crippen molar-refractivity contribution in [2.75, 3.05) is 13.2 Å². The van der Waals surface area contributed by atoms with Crippen LogP contribution in [0, 0.1) is 5.41 Å². The van der Waals surface area contributed by atoms with Crippen LogP contribution in [0.25, 0.3) is 0 Å². The van der Waals surface area contributed by atoms with E-state index >= 15 is 0 Å². The third-order valence-electron chi connectivity index (χ3n) is 3.23. The molecule has 0 saturated carbocycles. The highest BCUT2D eigenvalue weighted by Crippen LogP contribution is 2.17. The van der Waals surface area contributed by atoms with Crippen LogP contribution < -0.4 is 5.32 Å². The maximum atomic E-state index is 12.1. The highest BCUT2D eigenvalue weighted by molar-refractivity contribution is 5.89. The molecule has 6 nitrogen and oxygen atoms in total. The fourth-order valence-corrected chi connectivity index (χ4v) is 1.77. The van der Waals surface area contributed by atoms with Crippen molar-refractivity contribution < 1.29 is 24.2 Å². The van der Waals surface area contributed by atoms with Gasteiger partial charge in [-0.3, -0.25) is 4.79 Å². The standard InChI is InChI=1S/C19H29NO5/c1-18(2,3)17(23)25-15(11-20-19(4,5)6)12-24-16(22)13-8-7-9-14(21)10-13/h7-10,15,20-21H,11-12H2,1-6H3. The van der Waals surface area contributed by atoms with Gasteiger partial charge >= 0.3 is 11.9 Å². The molecular weight excluding hydrogens is 322 g/mol. The molecule has 2 N–H and O–H groups in total. The monoisotopic (exact) mass is 351 g/mol. The Morgan fingerprint density at radius 1 is 1.16 bits per heavy atom. The number of phenolic OH excluding ortho intramolecular Hbond substituents is 1. The molecule has 1 aromatic carbocycles. The second kappa shape index (κ2) is 8.34. The van der Waals surface area contributed by atoms with Crippen LogP contribution in [0.1, 0.15) is 51.9 Å². The minimum Gasteiger partial charge on any atom is -0.508 e. The first-order valence-corrected chi connectivity index (χ1v) is 8.31. The summed E-state index contributed by atoms with van der Waals surface area (Å²) in [6, 6.07) is 5.90. The van der Waals surface area contributed by atoms with E-state index in [1.54, 1.807) is 32.9 Å². The van der Waals surface area contributed by atoms with E-state index < -0.39 is 17.5 Å². The van der Waals surface area contributed by atoms with Crippen molar-refractivity contribution in [3.8, 4) is 5.75 Å². The molecule has 0 saturated heterocycles. The van der Waals surface area contributed by atoms with E-state index in [1.807, 2.05) is 20.8 Å². The van der Waals surface area contributed by atoms with Gasteiger partial charge in [-0.1, -0.05) is 6.07 Å². The van der Waals surface area contributed by atoms with E-state index in [9.17, 15) is 14.7 Å². The van der Waals surface area contributed by atoms with Gasteiger partial charge in [-0.25, -0.2) is 4.79 Å². The van der Waals surface area contributed by atoms with Gasteiger partial charge in [0.15, 0.2) is 0 Å². The Morgan fingerprint density at radius 3 is 2.32 bits per heavy atom. The molecule has 25 heavy (non-hydrogen) atoms. The molecule has 140 valence electrons. The van der Waals surface area contributed by atoms with Crippen molar-refractivity contribution in [3.63, 3.8) is 0 Å². The molecule has 0 aliphatic carbocycles. The summed E-state index contributed by atoms with van der Waals surface area (Å²) in [5.41, 5.74) is -0.568. The second-order valence-corrected chi connectivity index (χ2v) is 8.06. The highest BCUT2D eigenvalue weighted by atomic mass is 16.6. The van der Waals surface area contributed by atoms with Gasteiger partial charge in [0.2, 0.25) is 0 Å². The second-order valence-electron chi connectivity index (χ2n) is 8.06. The zero-order valence-corrected chi connectivity index (χ0v) is 15.9. The van der Waals surface area contributed by atoms with Crippen LogP contribution in [-0.2, 0) is 14.3 Å². The summed E-state index contributed by atoms with van der Waals surface area (Å²) < 4.78 is 10.7. The van der Waals surface area contributed by atoms with Crippen molar-refractivity contribution in [1.82, 2.24) is 5.32 Å². The Morgan fingerprint density at radius 2 is 1.80 bits per heavy atom.